The van der Waals surface area contributed by atoms with Crippen molar-refractivity contribution < 1.29 is 37.8 Å². The summed E-state index contributed by atoms with van der Waals surface area (Å²) in [5, 5.41) is 21.2. The Morgan fingerprint density at radius 1 is 0.944 bits per heavy atom. The second kappa shape index (κ2) is 11.2. The summed E-state index contributed by atoms with van der Waals surface area (Å²) in [5.74, 6) is -2.67. The van der Waals surface area contributed by atoms with Crippen LogP contribution >= 0.6 is 0 Å². The van der Waals surface area contributed by atoms with Gasteiger partial charge in [-0.1, -0.05) is 18.2 Å². The van der Waals surface area contributed by atoms with E-state index in [0.717, 1.165) is 49.1 Å². The number of likely N-dealkylation sites (tertiary alicyclic amines) is 1. The Labute approximate surface area is 204 Å². The van der Waals surface area contributed by atoms with E-state index >= 15 is 0 Å². The molecule has 0 unspecified atom stereocenters. The zero-order valence-electron chi connectivity index (χ0n) is 19.3. The van der Waals surface area contributed by atoms with Gasteiger partial charge in [-0.2, -0.15) is 23.0 Å². The van der Waals surface area contributed by atoms with E-state index in [4.69, 9.17) is 10.2 Å². The number of carbonyl (C=O) groups is 3. The van der Waals surface area contributed by atoms with Crippen LogP contribution in [0.3, 0.4) is 0 Å². The fourth-order valence-electron chi connectivity index (χ4n) is 3.90. The summed E-state index contributed by atoms with van der Waals surface area (Å²) in [5.41, 5.74) is 0.975. The molecule has 1 aliphatic rings. The average molecular weight is 503 g/mol. The number of benzene rings is 2. The van der Waals surface area contributed by atoms with Crippen molar-refractivity contribution in [1.82, 2.24) is 14.7 Å². The van der Waals surface area contributed by atoms with Crippen LogP contribution < -0.4 is 0 Å². The van der Waals surface area contributed by atoms with Crippen LogP contribution in [0.4, 0.5) is 13.2 Å². The van der Waals surface area contributed by atoms with E-state index < -0.39 is 29.6 Å². The van der Waals surface area contributed by atoms with Gasteiger partial charge in [-0.25, -0.2) is 9.59 Å². The quantitative estimate of drug-likeness (QED) is 0.512. The van der Waals surface area contributed by atoms with Gasteiger partial charge >= 0.3 is 18.1 Å². The van der Waals surface area contributed by atoms with Gasteiger partial charge in [0.15, 0.2) is 0 Å². The molecule has 2 aromatic carbocycles. The Morgan fingerprint density at radius 2 is 1.50 bits per heavy atom. The first-order valence-electron chi connectivity index (χ1n) is 11.0. The minimum Gasteiger partial charge on any atom is -0.478 e. The summed E-state index contributed by atoms with van der Waals surface area (Å²) >= 11 is 0. The first-order valence-corrected chi connectivity index (χ1v) is 11.0. The topological polar surface area (TPSA) is 113 Å². The number of aromatic nitrogens is 2. The Balaban J connectivity index is 0.000000392. The Hall–Kier alpha value is -3.99. The molecular formula is C25H24F3N3O5. The van der Waals surface area contributed by atoms with Crippen molar-refractivity contribution in [3.63, 3.8) is 0 Å². The molecule has 1 saturated heterocycles. The van der Waals surface area contributed by atoms with Crippen molar-refractivity contribution in [3.05, 3.63) is 77.5 Å². The molecule has 4 rings (SSSR count). The predicted octanol–water partition coefficient (Wildman–Crippen LogP) is 4.26. The highest BCUT2D eigenvalue weighted by Crippen LogP contribution is 2.33. The number of hydrogen-bond donors (Lipinski definition) is 2. The maximum absolute atomic E-state index is 13.0. The van der Waals surface area contributed by atoms with Crippen LogP contribution in [-0.4, -0.2) is 62.9 Å². The molecule has 0 atom stereocenters. The van der Waals surface area contributed by atoms with E-state index in [1.165, 1.54) is 16.8 Å². The number of fused-ring (bicyclic) bond motifs is 1. The Kier molecular flexibility index (Phi) is 8.25. The highest BCUT2D eigenvalue weighted by Gasteiger charge is 2.31. The summed E-state index contributed by atoms with van der Waals surface area (Å²) in [4.78, 5) is 34.4. The highest BCUT2D eigenvalue weighted by molar-refractivity contribution is 6.01. The minimum atomic E-state index is -4.43. The molecule has 11 heteroatoms. The van der Waals surface area contributed by atoms with Crippen LogP contribution in [0.2, 0.25) is 0 Å². The lowest BCUT2D eigenvalue weighted by molar-refractivity contribution is -0.137. The van der Waals surface area contributed by atoms with Crippen molar-refractivity contribution in [2.45, 2.75) is 24.9 Å². The molecule has 2 N–H and O–H groups in total. The van der Waals surface area contributed by atoms with Crippen LogP contribution in [0, 0.1) is 0 Å². The zero-order chi connectivity index (χ0) is 26.5. The van der Waals surface area contributed by atoms with Crippen molar-refractivity contribution in [1.29, 1.82) is 0 Å². The van der Waals surface area contributed by atoms with E-state index in [1.54, 1.807) is 0 Å². The molecule has 1 aromatic heterocycles. The third kappa shape index (κ3) is 6.57. The first kappa shape index (κ1) is 26.6. The van der Waals surface area contributed by atoms with Gasteiger partial charge in [0, 0.05) is 29.0 Å². The number of nitrogens with zero attached hydrogens (tertiary/aromatic N) is 3. The number of para-hydroxylation sites is 1. The standard InChI is InChI=1S/C21H20F3N3O.C4H4O4/c1-26-12-10-14(11-13-26)19-17-4-2-3-5-18(17)27(25-19)20(28)15-6-8-16(9-7-15)21(22,23)24;5-3(6)1-2-4(7)8/h2-9,14H,10-13H2,1H3;1-2H,(H,5,6)(H,7,8). The summed E-state index contributed by atoms with van der Waals surface area (Å²) in [7, 11) is 2.08. The third-order valence-corrected chi connectivity index (χ3v) is 5.74. The monoisotopic (exact) mass is 503 g/mol. The molecule has 0 aliphatic carbocycles. The number of alkyl halides is 3. The number of rotatable bonds is 4. The molecule has 0 spiro atoms. The van der Waals surface area contributed by atoms with E-state index in [0.29, 0.717) is 17.7 Å². The fraction of sp³-hybridized carbons (Fsp3) is 0.280. The van der Waals surface area contributed by atoms with E-state index in [2.05, 4.69) is 17.0 Å². The maximum Gasteiger partial charge on any atom is 0.416 e. The minimum absolute atomic E-state index is 0.177. The number of carbonyl (C=O) groups excluding carboxylic acids is 1. The van der Waals surface area contributed by atoms with Gasteiger partial charge in [0.1, 0.15) is 0 Å². The van der Waals surface area contributed by atoms with E-state index in [1.807, 2.05) is 24.3 Å². The lowest BCUT2D eigenvalue weighted by Crippen LogP contribution is -2.29. The summed E-state index contributed by atoms with van der Waals surface area (Å²) in [6, 6.07) is 11.8. The highest BCUT2D eigenvalue weighted by atomic mass is 19.4. The summed E-state index contributed by atoms with van der Waals surface area (Å²) in [6.45, 7) is 1.94. The van der Waals surface area contributed by atoms with Crippen LogP contribution in [-0.2, 0) is 15.8 Å². The molecule has 36 heavy (non-hydrogen) atoms. The van der Waals surface area contributed by atoms with Crippen molar-refractivity contribution in [3.8, 4) is 0 Å². The molecule has 1 aliphatic heterocycles. The lowest BCUT2D eigenvalue weighted by atomic mass is 9.92. The van der Waals surface area contributed by atoms with Crippen LogP contribution in [0.25, 0.3) is 10.9 Å². The normalized spacial score (nSPS) is 15.0. The van der Waals surface area contributed by atoms with Gasteiger partial charge in [0.2, 0.25) is 0 Å². The molecule has 1 fully saturated rings. The van der Waals surface area contributed by atoms with Gasteiger partial charge in [0.25, 0.3) is 5.91 Å². The molecule has 3 aromatic rings. The maximum atomic E-state index is 13.0. The molecule has 0 bridgehead atoms. The predicted molar refractivity (Wildman–Crippen MR) is 125 cm³/mol. The number of carboxylic acids is 2. The molecular weight excluding hydrogens is 479 g/mol. The van der Waals surface area contributed by atoms with Crippen molar-refractivity contribution in [2.75, 3.05) is 20.1 Å². The second-order valence-electron chi connectivity index (χ2n) is 8.28. The van der Waals surface area contributed by atoms with Crippen molar-refractivity contribution in [2.24, 2.45) is 0 Å². The Bertz CT molecular complexity index is 1260. The number of carboxylic acid groups (broad SMARTS) is 2. The number of piperidine rings is 1. The average Bonchev–Trinajstić information content (AvgIpc) is 3.22. The van der Waals surface area contributed by atoms with Crippen LogP contribution in [0.15, 0.2) is 60.7 Å². The molecule has 0 saturated carbocycles. The van der Waals surface area contributed by atoms with Gasteiger partial charge in [0.05, 0.1) is 16.8 Å². The first-order chi connectivity index (χ1) is 17.0. The van der Waals surface area contributed by atoms with Gasteiger partial charge < -0.3 is 15.1 Å². The summed E-state index contributed by atoms with van der Waals surface area (Å²) < 4.78 is 39.7. The molecule has 190 valence electrons. The molecule has 0 amide bonds. The van der Waals surface area contributed by atoms with E-state index in [9.17, 15) is 27.6 Å². The largest absolute Gasteiger partial charge is 0.478 e. The molecule has 8 nitrogen and oxygen atoms in total. The summed E-state index contributed by atoms with van der Waals surface area (Å²) in [6.07, 6.45) is -1.39. The lowest BCUT2D eigenvalue weighted by Gasteiger charge is -2.28. The fourth-order valence-corrected chi connectivity index (χ4v) is 3.90. The van der Waals surface area contributed by atoms with Crippen LogP contribution in [0.5, 0.6) is 0 Å². The smallest absolute Gasteiger partial charge is 0.416 e. The molecule has 0 radical (unpaired) electrons. The zero-order valence-corrected chi connectivity index (χ0v) is 19.3. The van der Waals surface area contributed by atoms with Crippen LogP contribution in [0.1, 0.15) is 40.4 Å². The number of hydrogen-bond acceptors (Lipinski definition) is 5. The van der Waals surface area contributed by atoms with E-state index in [-0.39, 0.29) is 11.5 Å². The number of aliphatic carboxylic acids is 2. The SMILES string of the molecule is CN1CCC(c2nn(C(=O)c3ccc(C(F)(F)F)cc3)c3ccccc23)CC1.O=C(O)C=CC(=O)O. The van der Waals surface area contributed by atoms with Crippen molar-refractivity contribution >= 4 is 28.7 Å². The van der Waals surface area contributed by atoms with Gasteiger partial charge in [-0.15, -0.1) is 0 Å². The van der Waals surface area contributed by atoms with Gasteiger partial charge in [-0.05, 0) is 63.3 Å². The van der Waals surface area contributed by atoms with Gasteiger partial charge in [-0.3, -0.25) is 4.79 Å². The third-order valence-electron chi connectivity index (χ3n) is 5.74. The Morgan fingerprint density at radius 3 is 2.03 bits per heavy atom. The molecule has 2 heterocycles. The number of halogens is 3. The second-order valence-corrected chi connectivity index (χ2v) is 8.28.